The van der Waals surface area contributed by atoms with Crippen LogP contribution in [0.5, 0.6) is 11.5 Å². The Hall–Kier alpha value is -3.74. The van der Waals surface area contributed by atoms with Crippen LogP contribution in [0.15, 0.2) is 73.1 Å². The van der Waals surface area contributed by atoms with E-state index >= 15 is 0 Å². The standard InChI is InChI=1S/C20H16FN3O3/c21-14-1-3-15(4-2-14)24(20(26)13-19(22)25)16-5-7-17(8-6-16)27-18-9-11-23-12-10-18/h1-12H,13H2,(H2,22,25). The van der Waals surface area contributed by atoms with E-state index in [-0.39, 0.29) is 0 Å². The Labute approximate surface area is 155 Å². The summed E-state index contributed by atoms with van der Waals surface area (Å²) >= 11 is 0. The van der Waals surface area contributed by atoms with Crippen molar-refractivity contribution in [3.05, 3.63) is 78.9 Å². The molecule has 27 heavy (non-hydrogen) atoms. The van der Waals surface area contributed by atoms with Gasteiger partial charge >= 0.3 is 0 Å². The van der Waals surface area contributed by atoms with Gasteiger partial charge in [-0.1, -0.05) is 0 Å². The monoisotopic (exact) mass is 365 g/mol. The van der Waals surface area contributed by atoms with Crippen molar-refractivity contribution < 1.29 is 18.7 Å². The molecule has 0 saturated heterocycles. The smallest absolute Gasteiger partial charge is 0.240 e. The zero-order chi connectivity index (χ0) is 19.2. The maximum atomic E-state index is 13.2. The van der Waals surface area contributed by atoms with Gasteiger partial charge in [-0.25, -0.2) is 4.39 Å². The highest BCUT2D eigenvalue weighted by Gasteiger charge is 2.20. The van der Waals surface area contributed by atoms with Gasteiger partial charge in [0.05, 0.1) is 0 Å². The van der Waals surface area contributed by atoms with Crippen LogP contribution in [0.2, 0.25) is 0 Å². The maximum absolute atomic E-state index is 13.2. The Morgan fingerprint density at radius 2 is 1.41 bits per heavy atom. The molecule has 0 aliphatic heterocycles. The molecule has 0 bridgehead atoms. The van der Waals surface area contributed by atoms with E-state index in [4.69, 9.17) is 10.5 Å². The fraction of sp³-hybridized carbons (Fsp3) is 0.0500. The highest BCUT2D eigenvalue weighted by Crippen LogP contribution is 2.29. The zero-order valence-corrected chi connectivity index (χ0v) is 14.2. The first-order valence-electron chi connectivity index (χ1n) is 8.08. The fourth-order valence-corrected chi connectivity index (χ4v) is 2.46. The Balaban J connectivity index is 1.88. The number of aromatic nitrogens is 1. The van der Waals surface area contributed by atoms with Crippen LogP contribution < -0.4 is 15.4 Å². The van der Waals surface area contributed by atoms with E-state index in [0.717, 1.165) is 0 Å². The van der Waals surface area contributed by atoms with Crippen LogP contribution in [0.25, 0.3) is 0 Å². The first-order chi connectivity index (χ1) is 13.0. The summed E-state index contributed by atoms with van der Waals surface area (Å²) in [5.41, 5.74) is 6.07. The lowest BCUT2D eigenvalue weighted by Gasteiger charge is -2.23. The molecule has 0 fully saturated rings. The molecule has 1 aromatic heterocycles. The number of carbonyl (C=O) groups is 2. The number of nitrogens with two attached hydrogens (primary N) is 1. The van der Waals surface area contributed by atoms with Gasteiger partial charge < -0.3 is 10.5 Å². The number of anilines is 2. The second kappa shape index (κ2) is 8.09. The van der Waals surface area contributed by atoms with Crippen LogP contribution in [-0.2, 0) is 9.59 Å². The highest BCUT2D eigenvalue weighted by molar-refractivity contribution is 6.08. The third-order valence-corrected chi connectivity index (χ3v) is 3.64. The second-order valence-electron chi connectivity index (χ2n) is 5.63. The Morgan fingerprint density at radius 1 is 0.889 bits per heavy atom. The maximum Gasteiger partial charge on any atom is 0.240 e. The number of amides is 2. The SMILES string of the molecule is NC(=O)CC(=O)N(c1ccc(F)cc1)c1ccc(Oc2ccncc2)cc1. The number of hydrogen-bond donors (Lipinski definition) is 1. The first kappa shape index (κ1) is 18.1. The van der Waals surface area contributed by atoms with E-state index in [1.807, 2.05) is 0 Å². The van der Waals surface area contributed by atoms with Crippen LogP contribution in [0.3, 0.4) is 0 Å². The molecule has 2 N–H and O–H groups in total. The fourth-order valence-electron chi connectivity index (χ4n) is 2.46. The van der Waals surface area contributed by atoms with Crippen molar-refractivity contribution in [1.82, 2.24) is 4.98 Å². The van der Waals surface area contributed by atoms with Gasteiger partial charge in [-0.2, -0.15) is 0 Å². The molecule has 0 unspecified atom stereocenters. The molecule has 136 valence electrons. The molecule has 0 atom stereocenters. The van der Waals surface area contributed by atoms with Crippen molar-refractivity contribution in [2.45, 2.75) is 6.42 Å². The molecule has 2 aromatic carbocycles. The van der Waals surface area contributed by atoms with Gasteiger partial charge in [0.15, 0.2) is 0 Å². The lowest BCUT2D eigenvalue weighted by Crippen LogP contribution is -2.30. The zero-order valence-electron chi connectivity index (χ0n) is 14.2. The average molecular weight is 365 g/mol. The molecule has 3 aromatic rings. The highest BCUT2D eigenvalue weighted by atomic mass is 19.1. The summed E-state index contributed by atoms with van der Waals surface area (Å²) in [4.78, 5) is 28.9. The number of hydrogen-bond acceptors (Lipinski definition) is 4. The Morgan fingerprint density at radius 3 is 1.96 bits per heavy atom. The van der Waals surface area contributed by atoms with E-state index in [0.29, 0.717) is 22.9 Å². The van der Waals surface area contributed by atoms with Crippen LogP contribution in [-0.4, -0.2) is 16.8 Å². The summed E-state index contributed by atoms with van der Waals surface area (Å²) in [6.45, 7) is 0. The molecule has 0 saturated carbocycles. The van der Waals surface area contributed by atoms with Gasteiger partial charge in [0.2, 0.25) is 11.8 Å². The van der Waals surface area contributed by atoms with Crippen LogP contribution in [0, 0.1) is 5.82 Å². The van der Waals surface area contributed by atoms with E-state index in [9.17, 15) is 14.0 Å². The number of rotatable bonds is 6. The Bertz CT molecular complexity index is 929. The largest absolute Gasteiger partial charge is 0.457 e. The number of carbonyl (C=O) groups excluding carboxylic acids is 2. The van der Waals surface area contributed by atoms with Crippen LogP contribution in [0.1, 0.15) is 6.42 Å². The van der Waals surface area contributed by atoms with Crippen molar-refractivity contribution in [2.24, 2.45) is 5.73 Å². The van der Waals surface area contributed by atoms with E-state index in [1.54, 1.807) is 48.8 Å². The Kier molecular flexibility index (Phi) is 5.41. The minimum atomic E-state index is -0.746. The third-order valence-electron chi connectivity index (χ3n) is 3.64. The van der Waals surface area contributed by atoms with E-state index in [1.165, 1.54) is 29.2 Å². The predicted molar refractivity (Wildman–Crippen MR) is 98.1 cm³/mol. The van der Waals surface area contributed by atoms with E-state index in [2.05, 4.69) is 4.98 Å². The number of primary amides is 1. The summed E-state index contributed by atoms with van der Waals surface area (Å²) in [5, 5.41) is 0. The number of ether oxygens (including phenoxy) is 1. The summed E-state index contributed by atoms with van der Waals surface area (Å²) in [7, 11) is 0. The van der Waals surface area contributed by atoms with Gasteiger partial charge in [0.1, 0.15) is 23.7 Å². The number of pyridine rings is 1. The molecule has 3 rings (SSSR count). The van der Waals surface area contributed by atoms with Gasteiger partial charge in [0.25, 0.3) is 0 Å². The number of halogens is 1. The molecule has 0 aliphatic rings. The molecule has 1 heterocycles. The van der Waals surface area contributed by atoms with Gasteiger partial charge in [0, 0.05) is 23.8 Å². The molecule has 2 amide bonds. The third kappa shape index (κ3) is 4.66. The summed E-state index contributed by atoms with van der Waals surface area (Å²) in [6.07, 6.45) is 2.76. The summed E-state index contributed by atoms with van der Waals surface area (Å²) in [5.74, 6) is -0.506. The lowest BCUT2D eigenvalue weighted by molar-refractivity contribution is -0.125. The average Bonchev–Trinajstić information content (AvgIpc) is 2.65. The molecular formula is C20H16FN3O3. The normalized spacial score (nSPS) is 10.3. The second-order valence-corrected chi connectivity index (χ2v) is 5.63. The first-order valence-corrected chi connectivity index (χ1v) is 8.08. The lowest BCUT2D eigenvalue weighted by atomic mass is 10.2. The number of benzene rings is 2. The molecular weight excluding hydrogens is 349 g/mol. The van der Waals surface area contributed by atoms with Gasteiger partial charge in [-0.05, 0) is 60.7 Å². The van der Waals surface area contributed by atoms with Crippen molar-refractivity contribution in [1.29, 1.82) is 0 Å². The molecule has 7 heteroatoms. The predicted octanol–water partition coefficient (Wildman–Crippen LogP) is 3.55. The number of nitrogens with zero attached hydrogens (tertiary/aromatic N) is 2. The quantitative estimate of drug-likeness (QED) is 0.677. The summed E-state index contributed by atoms with van der Waals surface area (Å²) in [6, 6.07) is 15.5. The van der Waals surface area contributed by atoms with Crippen LogP contribution >= 0.6 is 0 Å². The van der Waals surface area contributed by atoms with Crippen molar-refractivity contribution in [2.75, 3.05) is 4.90 Å². The topological polar surface area (TPSA) is 85.5 Å². The molecule has 0 radical (unpaired) electrons. The van der Waals surface area contributed by atoms with Gasteiger partial charge in [-0.3, -0.25) is 19.5 Å². The van der Waals surface area contributed by atoms with Crippen molar-refractivity contribution in [3.63, 3.8) is 0 Å². The van der Waals surface area contributed by atoms with Gasteiger partial charge in [-0.15, -0.1) is 0 Å². The molecule has 6 nitrogen and oxygen atoms in total. The van der Waals surface area contributed by atoms with Crippen molar-refractivity contribution >= 4 is 23.2 Å². The van der Waals surface area contributed by atoms with Crippen LogP contribution in [0.4, 0.5) is 15.8 Å². The summed E-state index contributed by atoms with van der Waals surface area (Å²) < 4.78 is 18.9. The van der Waals surface area contributed by atoms with Crippen molar-refractivity contribution in [3.8, 4) is 11.5 Å². The minimum absolute atomic E-state index is 0.422. The molecule has 0 spiro atoms. The molecule has 0 aliphatic carbocycles. The minimum Gasteiger partial charge on any atom is -0.457 e. The van der Waals surface area contributed by atoms with E-state index < -0.39 is 24.1 Å².